The zero-order valence-electron chi connectivity index (χ0n) is 12.0. The fourth-order valence-corrected chi connectivity index (χ4v) is 4.00. The van der Waals surface area contributed by atoms with Gasteiger partial charge in [-0.05, 0) is 22.9 Å². The van der Waals surface area contributed by atoms with E-state index in [0.717, 1.165) is 21.0 Å². The van der Waals surface area contributed by atoms with E-state index in [4.69, 9.17) is 0 Å². The van der Waals surface area contributed by atoms with Crippen molar-refractivity contribution >= 4 is 28.5 Å². The molecule has 3 heterocycles. The molecular formula is C18H12N2OS2. The first kappa shape index (κ1) is 14.1. The lowest BCUT2D eigenvalue weighted by molar-refractivity contribution is 0.103. The summed E-state index contributed by atoms with van der Waals surface area (Å²) in [5.74, 6) is -0.0620. The van der Waals surface area contributed by atoms with Crippen LogP contribution in [0, 0.1) is 0 Å². The highest BCUT2D eigenvalue weighted by Crippen LogP contribution is 2.38. The van der Waals surface area contributed by atoms with Gasteiger partial charge < -0.3 is 0 Å². The Morgan fingerprint density at radius 3 is 2.22 bits per heavy atom. The van der Waals surface area contributed by atoms with Gasteiger partial charge in [0.2, 0.25) is 5.78 Å². The summed E-state index contributed by atoms with van der Waals surface area (Å²) in [6, 6.07) is 17.3. The SMILES string of the molecule is O=C(c1ccccc1)c1n[nH]c(-c2cccs2)c1-c1cccs1. The highest BCUT2D eigenvalue weighted by molar-refractivity contribution is 7.14. The molecule has 3 nitrogen and oxygen atoms in total. The summed E-state index contributed by atoms with van der Waals surface area (Å²) >= 11 is 3.24. The predicted molar refractivity (Wildman–Crippen MR) is 95.1 cm³/mol. The number of aromatic amines is 1. The Morgan fingerprint density at radius 2 is 1.57 bits per heavy atom. The molecule has 0 radical (unpaired) electrons. The molecule has 112 valence electrons. The van der Waals surface area contributed by atoms with Crippen molar-refractivity contribution in [3.63, 3.8) is 0 Å². The molecule has 0 aliphatic carbocycles. The molecule has 0 amide bonds. The molecular weight excluding hydrogens is 324 g/mol. The number of carbonyl (C=O) groups excluding carboxylic acids is 1. The van der Waals surface area contributed by atoms with Gasteiger partial charge >= 0.3 is 0 Å². The fourth-order valence-electron chi connectivity index (χ4n) is 2.49. The van der Waals surface area contributed by atoms with Crippen molar-refractivity contribution in [1.82, 2.24) is 10.2 Å². The van der Waals surface area contributed by atoms with E-state index in [1.54, 1.807) is 22.7 Å². The minimum absolute atomic E-state index is 0.0620. The molecule has 5 heteroatoms. The van der Waals surface area contributed by atoms with E-state index in [-0.39, 0.29) is 5.78 Å². The molecule has 0 aliphatic heterocycles. The molecule has 0 unspecified atom stereocenters. The van der Waals surface area contributed by atoms with Crippen molar-refractivity contribution in [2.75, 3.05) is 0 Å². The van der Waals surface area contributed by atoms with E-state index in [1.807, 2.05) is 65.4 Å². The summed E-state index contributed by atoms with van der Waals surface area (Å²) in [6.07, 6.45) is 0. The number of aromatic nitrogens is 2. The molecule has 0 bridgehead atoms. The highest BCUT2D eigenvalue weighted by Gasteiger charge is 2.23. The number of thiophene rings is 2. The van der Waals surface area contributed by atoms with Crippen LogP contribution < -0.4 is 0 Å². The van der Waals surface area contributed by atoms with Gasteiger partial charge in [-0.15, -0.1) is 22.7 Å². The summed E-state index contributed by atoms with van der Waals surface area (Å²) in [5.41, 5.74) is 2.91. The number of nitrogens with zero attached hydrogens (tertiary/aromatic N) is 1. The van der Waals surface area contributed by atoms with Gasteiger partial charge in [0, 0.05) is 16.0 Å². The Bertz CT molecular complexity index is 923. The lowest BCUT2D eigenvalue weighted by Gasteiger charge is -2.03. The Balaban J connectivity index is 1.90. The number of hydrogen-bond donors (Lipinski definition) is 1. The van der Waals surface area contributed by atoms with E-state index in [0.29, 0.717) is 11.3 Å². The standard InChI is InChI=1S/C18H12N2OS2/c21-18(12-6-2-1-3-7-12)17-15(13-8-4-10-22-13)16(19-20-17)14-9-5-11-23-14/h1-11H,(H,19,20). The molecule has 0 aliphatic rings. The summed E-state index contributed by atoms with van der Waals surface area (Å²) < 4.78 is 0. The van der Waals surface area contributed by atoms with Gasteiger partial charge in [0.1, 0.15) is 5.69 Å². The van der Waals surface area contributed by atoms with Gasteiger partial charge in [-0.2, -0.15) is 5.10 Å². The molecule has 1 N–H and O–H groups in total. The molecule has 0 spiro atoms. The normalized spacial score (nSPS) is 10.8. The van der Waals surface area contributed by atoms with Crippen molar-refractivity contribution in [3.8, 4) is 21.0 Å². The van der Waals surface area contributed by atoms with E-state index in [9.17, 15) is 4.79 Å². The third-order valence-electron chi connectivity index (χ3n) is 3.55. The third-order valence-corrected chi connectivity index (χ3v) is 5.33. The maximum absolute atomic E-state index is 12.9. The van der Waals surface area contributed by atoms with Crippen molar-refractivity contribution in [1.29, 1.82) is 0 Å². The molecule has 4 aromatic rings. The summed E-state index contributed by atoms with van der Waals surface area (Å²) in [5, 5.41) is 11.4. The quantitative estimate of drug-likeness (QED) is 0.527. The van der Waals surface area contributed by atoms with E-state index in [1.165, 1.54) is 0 Å². The lowest BCUT2D eigenvalue weighted by Crippen LogP contribution is -2.03. The minimum atomic E-state index is -0.0620. The van der Waals surface area contributed by atoms with E-state index < -0.39 is 0 Å². The van der Waals surface area contributed by atoms with Crippen molar-refractivity contribution in [2.24, 2.45) is 0 Å². The van der Waals surface area contributed by atoms with Crippen LogP contribution in [0.3, 0.4) is 0 Å². The lowest BCUT2D eigenvalue weighted by atomic mass is 10.0. The predicted octanol–water partition coefficient (Wildman–Crippen LogP) is 5.10. The highest BCUT2D eigenvalue weighted by atomic mass is 32.1. The molecule has 0 saturated carbocycles. The van der Waals surface area contributed by atoms with Gasteiger partial charge in [0.05, 0.1) is 10.6 Å². The van der Waals surface area contributed by atoms with Gasteiger partial charge in [0.15, 0.2) is 0 Å². The molecule has 0 atom stereocenters. The first-order valence-electron chi connectivity index (χ1n) is 7.10. The fraction of sp³-hybridized carbons (Fsp3) is 0. The number of hydrogen-bond acceptors (Lipinski definition) is 4. The average molecular weight is 336 g/mol. The zero-order chi connectivity index (χ0) is 15.6. The second kappa shape index (κ2) is 5.95. The Morgan fingerprint density at radius 1 is 0.870 bits per heavy atom. The van der Waals surface area contributed by atoms with E-state index in [2.05, 4.69) is 10.2 Å². The second-order valence-electron chi connectivity index (χ2n) is 4.97. The molecule has 0 fully saturated rings. The number of carbonyl (C=O) groups is 1. The van der Waals surface area contributed by atoms with Gasteiger partial charge in [-0.1, -0.05) is 42.5 Å². The number of H-pyrrole nitrogens is 1. The van der Waals surface area contributed by atoms with Crippen molar-refractivity contribution in [3.05, 3.63) is 76.6 Å². The van der Waals surface area contributed by atoms with Crippen LogP contribution >= 0.6 is 22.7 Å². The third kappa shape index (κ3) is 2.54. The van der Waals surface area contributed by atoms with Gasteiger partial charge in [-0.3, -0.25) is 9.89 Å². The van der Waals surface area contributed by atoms with Crippen LogP contribution in [-0.2, 0) is 0 Å². The van der Waals surface area contributed by atoms with E-state index >= 15 is 0 Å². The van der Waals surface area contributed by atoms with Gasteiger partial charge in [-0.25, -0.2) is 0 Å². The van der Waals surface area contributed by atoms with Gasteiger partial charge in [0.25, 0.3) is 0 Å². The van der Waals surface area contributed by atoms with Crippen molar-refractivity contribution in [2.45, 2.75) is 0 Å². The molecule has 4 rings (SSSR count). The first-order valence-corrected chi connectivity index (χ1v) is 8.86. The smallest absolute Gasteiger partial charge is 0.213 e. The first-order chi connectivity index (χ1) is 11.3. The Hall–Kier alpha value is -2.50. The largest absolute Gasteiger partial charge is 0.287 e. The number of nitrogens with one attached hydrogen (secondary N) is 1. The van der Waals surface area contributed by atoms with Crippen LogP contribution in [0.2, 0.25) is 0 Å². The number of benzene rings is 1. The summed E-state index contributed by atoms with van der Waals surface area (Å²) in [4.78, 5) is 15.0. The molecule has 0 saturated heterocycles. The van der Waals surface area contributed by atoms with Crippen LogP contribution in [-0.4, -0.2) is 16.0 Å². The number of rotatable bonds is 4. The minimum Gasteiger partial charge on any atom is -0.287 e. The van der Waals surface area contributed by atoms with Crippen molar-refractivity contribution < 1.29 is 4.79 Å². The van der Waals surface area contributed by atoms with Crippen LogP contribution in [0.15, 0.2) is 65.4 Å². The topological polar surface area (TPSA) is 45.8 Å². The van der Waals surface area contributed by atoms with Crippen LogP contribution in [0.4, 0.5) is 0 Å². The Kier molecular flexibility index (Phi) is 3.65. The summed E-state index contributed by atoms with van der Waals surface area (Å²) in [7, 11) is 0. The maximum atomic E-state index is 12.9. The molecule has 23 heavy (non-hydrogen) atoms. The second-order valence-corrected chi connectivity index (χ2v) is 6.87. The molecule has 3 aromatic heterocycles. The monoisotopic (exact) mass is 336 g/mol. The van der Waals surface area contributed by atoms with Crippen LogP contribution in [0.5, 0.6) is 0 Å². The molecule has 1 aromatic carbocycles. The zero-order valence-corrected chi connectivity index (χ0v) is 13.7. The summed E-state index contributed by atoms with van der Waals surface area (Å²) in [6.45, 7) is 0. The maximum Gasteiger partial charge on any atom is 0.213 e. The average Bonchev–Trinajstić information content (AvgIpc) is 3.33. The Labute approximate surface area is 141 Å². The van der Waals surface area contributed by atoms with Crippen LogP contribution in [0.25, 0.3) is 21.0 Å². The number of ketones is 1. The van der Waals surface area contributed by atoms with Crippen LogP contribution in [0.1, 0.15) is 16.1 Å².